The van der Waals surface area contributed by atoms with Crippen LogP contribution in [0.1, 0.15) is 30.5 Å². The van der Waals surface area contributed by atoms with E-state index in [1.165, 1.54) is 12.1 Å². The number of benzene rings is 2. The Morgan fingerprint density at radius 2 is 1.60 bits per heavy atom. The van der Waals surface area contributed by atoms with Crippen LogP contribution in [0.15, 0.2) is 54.6 Å². The number of halogens is 1. The summed E-state index contributed by atoms with van der Waals surface area (Å²) >= 11 is 0. The molecule has 20 heavy (non-hydrogen) atoms. The van der Waals surface area contributed by atoms with E-state index in [2.05, 4.69) is 5.32 Å². The molecule has 0 radical (unpaired) electrons. The van der Waals surface area contributed by atoms with Crippen LogP contribution in [0.2, 0.25) is 0 Å². The fourth-order valence-corrected chi connectivity index (χ4v) is 2.22. The summed E-state index contributed by atoms with van der Waals surface area (Å²) in [6, 6.07) is 16.5. The Balaban J connectivity index is 2.31. The van der Waals surface area contributed by atoms with Gasteiger partial charge < -0.3 is 10.4 Å². The van der Waals surface area contributed by atoms with Crippen molar-refractivity contribution in [2.24, 2.45) is 0 Å². The molecular weight excluding hydrogens is 253 g/mol. The molecule has 0 saturated carbocycles. The van der Waals surface area contributed by atoms with Crippen LogP contribution in [0, 0.1) is 5.82 Å². The molecule has 0 aliphatic carbocycles. The predicted molar refractivity (Wildman–Crippen MR) is 79.0 cm³/mol. The van der Waals surface area contributed by atoms with Crippen molar-refractivity contribution in [2.75, 3.05) is 6.61 Å². The highest BCUT2D eigenvalue weighted by atomic mass is 19.1. The summed E-state index contributed by atoms with van der Waals surface area (Å²) in [5, 5.41) is 12.8. The monoisotopic (exact) mass is 273 g/mol. The Hall–Kier alpha value is -1.71. The van der Waals surface area contributed by atoms with E-state index in [1.54, 1.807) is 12.1 Å². The first-order chi connectivity index (χ1) is 9.74. The van der Waals surface area contributed by atoms with E-state index < -0.39 is 0 Å². The molecule has 0 spiro atoms. The molecule has 3 heteroatoms. The van der Waals surface area contributed by atoms with Gasteiger partial charge in [-0.1, -0.05) is 49.4 Å². The number of nitrogens with one attached hydrogen (secondary N) is 1. The second kappa shape index (κ2) is 7.17. The maximum Gasteiger partial charge on any atom is 0.123 e. The molecule has 2 aromatic carbocycles. The van der Waals surface area contributed by atoms with E-state index >= 15 is 0 Å². The van der Waals surface area contributed by atoms with Crippen molar-refractivity contribution in [3.63, 3.8) is 0 Å². The normalized spacial score (nSPS) is 13.9. The van der Waals surface area contributed by atoms with Gasteiger partial charge in [-0.3, -0.25) is 0 Å². The first kappa shape index (κ1) is 14.7. The van der Waals surface area contributed by atoms with E-state index in [-0.39, 0.29) is 24.5 Å². The molecule has 0 bridgehead atoms. The molecule has 106 valence electrons. The highest BCUT2D eigenvalue weighted by Crippen LogP contribution is 2.23. The molecular formula is C17H20FNO. The standard InChI is InChI=1S/C17H20FNO/c1-2-16(12-20)19-17(13-6-4-3-5-7-13)14-8-10-15(18)11-9-14/h3-11,16-17,19-20H,2,12H2,1H3/t16-,17?/m1/s1. The summed E-state index contributed by atoms with van der Waals surface area (Å²) in [6.45, 7) is 2.11. The Bertz CT molecular complexity index is 508. The summed E-state index contributed by atoms with van der Waals surface area (Å²) in [5.41, 5.74) is 2.09. The Kier molecular flexibility index (Phi) is 5.27. The zero-order chi connectivity index (χ0) is 14.4. The highest BCUT2D eigenvalue weighted by Gasteiger charge is 2.17. The maximum atomic E-state index is 13.1. The van der Waals surface area contributed by atoms with Gasteiger partial charge in [-0.05, 0) is 29.7 Å². The van der Waals surface area contributed by atoms with E-state index in [1.807, 2.05) is 37.3 Å². The topological polar surface area (TPSA) is 32.3 Å². The van der Waals surface area contributed by atoms with Gasteiger partial charge in [0.25, 0.3) is 0 Å². The fraction of sp³-hybridized carbons (Fsp3) is 0.294. The van der Waals surface area contributed by atoms with E-state index in [0.29, 0.717) is 0 Å². The largest absolute Gasteiger partial charge is 0.395 e. The van der Waals surface area contributed by atoms with Gasteiger partial charge in [0.1, 0.15) is 5.82 Å². The predicted octanol–water partition coefficient (Wildman–Crippen LogP) is 3.28. The van der Waals surface area contributed by atoms with Crippen LogP contribution in [0.25, 0.3) is 0 Å². The first-order valence-corrected chi connectivity index (χ1v) is 6.92. The summed E-state index contributed by atoms with van der Waals surface area (Å²) in [7, 11) is 0. The highest BCUT2D eigenvalue weighted by molar-refractivity contribution is 5.32. The lowest BCUT2D eigenvalue weighted by atomic mass is 9.97. The van der Waals surface area contributed by atoms with Crippen molar-refractivity contribution >= 4 is 0 Å². The number of hydrogen-bond donors (Lipinski definition) is 2. The summed E-state index contributed by atoms with van der Waals surface area (Å²) in [6.07, 6.45) is 0.834. The average Bonchev–Trinajstić information content (AvgIpc) is 2.51. The van der Waals surface area contributed by atoms with Crippen LogP contribution >= 0.6 is 0 Å². The molecule has 0 heterocycles. The first-order valence-electron chi connectivity index (χ1n) is 6.92. The maximum absolute atomic E-state index is 13.1. The Labute approximate surface area is 119 Å². The summed E-state index contributed by atoms with van der Waals surface area (Å²) < 4.78 is 13.1. The molecule has 0 fully saturated rings. The summed E-state index contributed by atoms with van der Waals surface area (Å²) in [4.78, 5) is 0. The van der Waals surface area contributed by atoms with Gasteiger partial charge in [0.15, 0.2) is 0 Å². The molecule has 0 saturated heterocycles. The smallest absolute Gasteiger partial charge is 0.123 e. The molecule has 2 nitrogen and oxygen atoms in total. The number of hydrogen-bond acceptors (Lipinski definition) is 2. The third-order valence-electron chi connectivity index (χ3n) is 3.45. The molecule has 0 aromatic heterocycles. The van der Waals surface area contributed by atoms with Crippen LogP contribution in [0.3, 0.4) is 0 Å². The number of aliphatic hydroxyl groups is 1. The zero-order valence-electron chi connectivity index (χ0n) is 11.6. The molecule has 2 atom stereocenters. The van der Waals surface area contributed by atoms with Crippen molar-refractivity contribution < 1.29 is 9.50 Å². The van der Waals surface area contributed by atoms with Crippen molar-refractivity contribution in [1.29, 1.82) is 0 Å². The lowest BCUT2D eigenvalue weighted by Gasteiger charge is -2.25. The Morgan fingerprint density at radius 1 is 1.00 bits per heavy atom. The lowest BCUT2D eigenvalue weighted by molar-refractivity contribution is 0.232. The van der Waals surface area contributed by atoms with Gasteiger partial charge in [0.2, 0.25) is 0 Å². The number of rotatable bonds is 6. The summed E-state index contributed by atoms with van der Waals surface area (Å²) in [5.74, 6) is -0.241. The van der Waals surface area contributed by atoms with Gasteiger partial charge in [0, 0.05) is 6.04 Å². The van der Waals surface area contributed by atoms with Gasteiger partial charge in [-0.2, -0.15) is 0 Å². The van der Waals surface area contributed by atoms with Crippen LogP contribution in [0.5, 0.6) is 0 Å². The van der Waals surface area contributed by atoms with Crippen molar-refractivity contribution in [1.82, 2.24) is 5.32 Å². The third kappa shape index (κ3) is 3.65. The quantitative estimate of drug-likeness (QED) is 0.846. The van der Waals surface area contributed by atoms with Crippen molar-refractivity contribution in [3.05, 3.63) is 71.5 Å². The molecule has 2 rings (SSSR count). The zero-order valence-corrected chi connectivity index (χ0v) is 11.6. The van der Waals surface area contributed by atoms with Gasteiger partial charge >= 0.3 is 0 Å². The van der Waals surface area contributed by atoms with Crippen molar-refractivity contribution in [3.8, 4) is 0 Å². The molecule has 0 aliphatic heterocycles. The molecule has 2 aromatic rings. The molecule has 0 amide bonds. The minimum Gasteiger partial charge on any atom is -0.395 e. The van der Waals surface area contributed by atoms with Gasteiger partial charge in [-0.15, -0.1) is 0 Å². The van der Waals surface area contributed by atoms with Crippen LogP contribution < -0.4 is 5.32 Å². The molecule has 0 aliphatic rings. The third-order valence-corrected chi connectivity index (χ3v) is 3.45. The molecule has 1 unspecified atom stereocenters. The molecule has 2 N–H and O–H groups in total. The van der Waals surface area contributed by atoms with Crippen LogP contribution in [0.4, 0.5) is 4.39 Å². The van der Waals surface area contributed by atoms with Crippen LogP contribution in [-0.4, -0.2) is 17.8 Å². The average molecular weight is 273 g/mol. The Morgan fingerprint density at radius 3 is 2.15 bits per heavy atom. The second-order valence-electron chi connectivity index (χ2n) is 4.85. The number of aliphatic hydroxyl groups excluding tert-OH is 1. The van der Waals surface area contributed by atoms with Crippen molar-refractivity contribution in [2.45, 2.75) is 25.4 Å². The lowest BCUT2D eigenvalue weighted by Crippen LogP contribution is -2.35. The van der Waals surface area contributed by atoms with E-state index in [0.717, 1.165) is 17.5 Å². The van der Waals surface area contributed by atoms with Gasteiger partial charge in [0.05, 0.1) is 12.6 Å². The minimum absolute atomic E-state index is 0.0188. The minimum atomic E-state index is -0.241. The van der Waals surface area contributed by atoms with E-state index in [9.17, 15) is 9.50 Å². The SMILES string of the molecule is CC[C@H](CO)NC(c1ccccc1)c1ccc(F)cc1. The van der Waals surface area contributed by atoms with Crippen LogP contribution in [-0.2, 0) is 0 Å². The second-order valence-corrected chi connectivity index (χ2v) is 4.85. The fourth-order valence-electron chi connectivity index (χ4n) is 2.22. The van der Waals surface area contributed by atoms with E-state index in [4.69, 9.17) is 0 Å². The van der Waals surface area contributed by atoms with Gasteiger partial charge in [-0.25, -0.2) is 4.39 Å².